The Hall–Kier alpha value is -3.71. The number of aromatic hydroxyl groups is 1. The summed E-state index contributed by atoms with van der Waals surface area (Å²) in [6.07, 6.45) is 1.96. The number of halogens is 2. The number of hydrogen-bond donors (Lipinski definition) is 1. The van der Waals surface area contributed by atoms with E-state index in [2.05, 4.69) is 16.5 Å². The summed E-state index contributed by atoms with van der Waals surface area (Å²) in [5, 5.41) is 12.5. The van der Waals surface area contributed by atoms with Crippen LogP contribution < -0.4 is 4.90 Å². The molecule has 0 unspecified atom stereocenters. The molecular formula is C27H24ClFN4O2. The Morgan fingerprint density at radius 1 is 1.11 bits per heavy atom. The minimum atomic E-state index is -0.569. The monoisotopic (exact) mass is 490 g/mol. The molecule has 6 nitrogen and oxygen atoms in total. The Morgan fingerprint density at radius 2 is 1.86 bits per heavy atom. The summed E-state index contributed by atoms with van der Waals surface area (Å²) in [5.74, 6) is -0.00271. The molecule has 1 aliphatic heterocycles. The fourth-order valence-electron chi connectivity index (χ4n) is 4.61. The van der Waals surface area contributed by atoms with Crippen molar-refractivity contribution in [3.05, 3.63) is 71.8 Å². The van der Waals surface area contributed by atoms with Gasteiger partial charge in [-0.3, -0.25) is 4.79 Å². The number of fused-ring (bicyclic) bond motifs is 2. The lowest BCUT2D eigenvalue weighted by atomic mass is 9.96. The second-order valence-electron chi connectivity index (χ2n) is 8.59. The fourth-order valence-corrected chi connectivity index (χ4v) is 4.91. The molecule has 2 heterocycles. The third-order valence-electron chi connectivity index (χ3n) is 6.51. The molecule has 178 valence electrons. The molecule has 0 spiro atoms. The lowest BCUT2D eigenvalue weighted by Crippen LogP contribution is -2.49. The van der Waals surface area contributed by atoms with E-state index in [-0.39, 0.29) is 27.8 Å². The number of nitrogens with zero attached hydrogens (tertiary/aromatic N) is 4. The molecule has 1 aliphatic rings. The molecule has 3 aromatic carbocycles. The summed E-state index contributed by atoms with van der Waals surface area (Å²) in [6, 6.07) is 12.3. The Morgan fingerprint density at radius 3 is 2.60 bits per heavy atom. The maximum absolute atomic E-state index is 16.0. The third kappa shape index (κ3) is 4.06. The highest BCUT2D eigenvalue weighted by Crippen LogP contribution is 2.41. The maximum atomic E-state index is 16.0. The number of carbonyl (C=O) groups is 1. The topological polar surface area (TPSA) is 69.6 Å². The molecular weight excluding hydrogens is 467 g/mol. The molecule has 4 aromatic rings. The molecule has 1 amide bonds. The van der Waals surface area contributed by atoms with Crippen LogP contribution in [0.25, 0.3) is 32.8 Å². The van der Waals surface area contributed by atoms with Gasteiger partial charge in [0.15, 0.2) is 5.82 Å². The summed E-state index contributed by atoms with van der Waals surface area (Å²) in [7, 11) is 0. The van der Waals surface area contributed by atoms with Gasteiger partial charge in [0.1, 0.15) is 23.4 Å². The average Bonchev–Trinajstić information content (AvgIpc) is 2.87. The molecule has 5 rings (SSSR count). The molecule has 0 aliphatic carbocycles. The van der Waals surface area contributed by atoms with E-state index in [1.807, 2.05) is 36.1 Å². The zero-order valence-electron chi connectivity index (χ0n) is 19.3. The summed E-state index contributed by atoms with van der Waals surface area (Å²) in [6.45, 7) is 7.90. The number of carbonyl (C=O) groups excluding carboxylic acids is 1. The maximum Gasteiger partial charge on any atom is 0.249 e. The van der Waals surface area contributed by atoms with Crippen molar-refractivity contribution in [3.8, 4) is 16.9 Å². The first kappa shape index (κ1) is 23.1. The molecule has 1 N–H and O–H groups in total. The highest BCUT2D eigenvalue weighted by Gasteiger charge is 2.26. The highest BCUT2D eigenvalue weighted by atomic mass is 35.5. The lowest BCUT2D eigenvalue weighted by Gasteiger charge is -2.36. The van der Waals surface area contributed by atoms with Gasteiger partial charge in [0.05, 0.1) is 5.02 Å². The van der Waals surface area contributed by atoms with Crippen LogP contribution in [0.4, 0.5) is 10.2 Å². The lowest BCUT2D eigenvalue weighted by molar-refractivity contribution is -0.127. The molecule has 35 heavy (non-hydrogen) atoms. The predicted molar refractivity (Wildman–Crippen MR) is 137 cm³/mol. The van der Waals surface area contributed by atoms with Gasteiger partial charge in [-0.05, 0) is 41.0 Å². The van der Waals surface area contributed by atoms with Crippen molar-refractivity contribution < 1.29 is 14.3 Å². The van der Waals surface area contributed by atoms with Crippen LogP contribution in [0, 0.1) is 5.82 Å². The van der Waals surface area contributed by atoms with E-state index >= 15 is 4.39 Å². The van der Waals surface area contributed by atoms with Crippen molar-refractivity contribution in [2.75, 3.05) is 31.1 Å². The first-order valence-corrected chi connectivity index (χ1v) is 11.8. The zero-order valence-corrected chi connectivity index (χ0v) is 20.0. The van der Waals surface area contributed by atoms with Crippen LogP contribution in [0.5, 0.6) is 5.75 Å². The normalized spacial score (nSPS) is 14.0. The first-order chi connectivity index (χ1) is 16.9. The summed E-state index contributed by atoms with van der Waals surface area (Å²) in [5.41, 5.74) is 1.42. The molecule has 0 bridgehead atoms. The minimum absolute atomic E-state index is 0.0239. The molecule has 1 aromatic heterocycles. The molecule has 0 saturated carbocycles. The highest BCUT2D eigenvalue weighted by molar-refractivity contribution is 6.35. The number of phenolic OH excluding ortho intramolecular Hbond substituents is 1. The Balaban J connectivity index is 1.56. The second-order valence-corrected chi connectivity index (χ2v) is 9.00. The van der Waals surface area contributed by atoms with E-state index in [1.54, 1.807) is 17.0 Å². The van der Waals surface area contributed by atoms with Gasteiger partial charge >= 0.3 is 0 Å². The Kier molecular flexibility index (Phi) is 6.03. The fraction of sp³-hybridized carbons (Fsp3) is 0.222. The van der Waals surface area contributed by atoms with Crippen molar-refractivity contribution in [2.24, 2.45) is 0 Å². The van der Waals surface area contributed by atoms with Gasteiger partial charge in [-0.2, -0.15) is 0 Å². The SMILES string of the molecule is C=C(CC)C(=O)N1CCN(c2ncnc3c(F)c(-c4cc(O)cc5ccccc45)c(Cl)cc23)CC1. The zero-order chi connectivity index (χ0) is 24.7. The van der Waals surface area contributed by atoms with E-state index in [4.69, 9.17) is 11.6 Å². The van der Waals surface area contributed by atoms with Gasteiger partial charge in [-0.25, -0.2) is 14.4 Å². The molecule has 1 saturated heterocycles. The quantitative estimate of drug-likeness (QED) is 0.379. The number of hydrogen-bond acceptors (Lipinski definition) is 5. The van der Waals surface area contributed by atoms with Crippen molar-refractivity contribution >= 4 is 45.0 Å². The molecule has 1 fully saturated rings. The van der Waals surface area contributed by atoms with Gasteiger partial charge < -0.3 is 14.9 Å². The number of piperazine rings is 1. The van der Waals surface area contributed by atoms with Crippen LogP contribution in [0.1, 0.15) is 13.3 Å². The summed E-state index contributed by atoms with van der Waals surface area (Å²) < 4.78 is 16.0. The van der Waals surface area contributed by atoms with E-state index in [9.17, 15) is 9.90 Å². The average molecular weight is 491 g/mol. The summed E-state index contributed by atoms with van der Waals surface area (Å²) in [4.78, 5) is 24.9. The van der Waals surface area contributed by atoms with Gasteiger partial charge in [-0.15, -0.1) is 0 Å². The molecule has 0 radical (unpaired) electrons. The number of rotatable bonds is 4. The number of phenols is 1. The van der Waals surface area contributed by atoms with Crippen molar-refractivity contribution in [1.82, 2.24) is 14.9 Å². The smallest absolute Gasteiger partial charge is 0.249 e. The van der Waals surface area contributed by atoms with Gasteiger partial charge in [0.25, 0.3) is 0 Å². The largest absolute Gasteiger partial charge is 0.508 e. The number of benzene rings is 3. The van der Waals surface area contributed by atoms with Crippen molar-refractivity contribution in [2.45, 2.75) is 13.3 Å². The third-order valence-corrected chi connectivity index (χ3v) is 6.81. The van der Waals surface area contributed by atoms with Crippen LogP contribution in [-0.4, -0.2) is 52.1 Å². The van der Waals surface area contributed by atoms with Gasteiger partial charge in [-0.1, -0.05) is 49.4 Å². The number of amides is 1. The van der Waals surface area contributed by atoms with Crippen LogP contribution in [0.2, 0.25) is 5.02 Å². The molecule has 0 atom stereocenters. The van der Waals surface area contributed by atoms with Crippen LogP contribution in [0.3, 0.4) is 0 Å². The van der Waals surface area contributed by atoms with Crippen molar-refractivity contribution in [1.29, 1.82) is 0 Å². The Bertz CT molecular complexity index is 1480. The number of aromatic nitrogens is 2. The van der Waals surface area contributed by atoms with E-state index in [0.717, 1.165) is 10.8 Å². The summed E-state index contributed by atoms with van der Waals surface area (Å²) >= 11 is 6.66. The predicted octanol–water partition coefficient (Wildman–Crippen LogP) is 5.56. The van der Waals surface area contributed by atoms with E-state index in [0.29, 0.717) is 54.9 Å². The van der Waals surface area contributed by atoms with Gasteiger partial charge in [0, 0.05) is 42.7 Å². The van der Waals surface area contributed by atoms with Crippen molar-refractivity contribution in [3.63, 3.8) is 0 Å². The van der Waals surface area contributed by atoms with E-state index < -0.39 is 5.82 Å². The van der Waals surface area contributed by atoms with Crippen LogP contribution >= 0.6 is 11.6 Å². The Labute approximate surface area is 207 Å². The van der Waals surface area contributed by atoms with Crippen LogP contribution in [-0.2, 0) is 4.79 Å². The standard InChI is InChI=1S/C27H24ClFN4O2/c1-3-16(2)27(35)33-10-8-32(9-11-33)26-21-14-22(28)23(24(29)25(21)30-15-31-26)20-13-18(34)12-17-6-4-5-7-19(17)20/h4-7,12-15,34H,2-3,8-11H2,1H3. The second kappa shape index (κ2) is 9.15. The first-order valence-electron chi connectivity index (χ1n) is 11.5. The van der Waals surface area contributed by atoms with Gasteiger partial charge in [0.2, 0.25) is 5.91 Å². The molecule has 8 heteroatoms. The number of anilines is 1. The van der Waals surface area contributed by atoms with Crippen LogP contribution in [0.15, 0.2) is 60.9 Å². The minimum Gasteiger partial charge on any atom is -0.508 e. The van der Waals surface area contributed by atoms with E-state index in [1.165, 1.54) is 12.4 Å².